The molecule has 2 aromatic heterocycles. The summed E-state index contributed by atoms with van der Waals surface area (Å²) in [7, 11) is 1.87. The van der Waals surface area contributed by atoms with E-state index in [2.05, 4.69) is 20.4 Å². The van der Waals surface area contributed by atoms with Gasteiger partial charge >= 0.3 is 0 Å². The lowest BCUT2D eigenvalue weighted by molar-refractivity contribution is 0.720. The number of aromatic nitrogens is 4. The first-order chi connectivity index (χ1) is 8.08. The van der Waals surface area contributed by atoms with Crippen molar-refractivity contribution in [1.29, 1.82) is 0 Å². The van der Waals surface area contributed by atoms with Crippen molar-refractivity contribution in [2.24, 2.45) is 7.05 Å². The summed E-state index contributed by atoms with van der Waals surface area (Å²) >= 11 is 5.78. The second-order valence-corrected chi connectivity index (χ2v) is 3.98. The summed E-state index contributed by atoms with van der Waals surface area (Å²) in [5.74, 6) is 0.545. The van der Waals surface area contributed by atoms with E-state index in [-0.39, 0.29) is 5.28 Å². The monoisotopic (exact) mass is 252 g/mol. The van der Waals surface area contributed by atoms with E-state index in [1.54, 1.807) is 17.8 Å². The van der Waals surface area contributed by atoms with Gasteiger partial charge in [-0.05, 0) is 24.6 Å². The summed E-state index contributed by atoms with van der Waals surface area (Å²) in [5, 5.41) is 7.37. The predicted molar refractivity (Wildman–Crippen MR) is 66.7 cm³/mol. The Kier molecular flexibility index (Phi) is 3.14. The van der Waals surface area contributed by atoms with Crippen LogP contribution in [0.25, 0.3) is 0 Å². The lowest BCUT2D eigenvalue weighted by Gasteiger charge is -2.10. The van der Waals surface area contributed by atoms with Crippen molar-refractivity contribution in [3.8, 4) is 0 Å². The highest BCUT2D eigenvalue weighted by atomic mass is 35.5. The first-order valence-electron chi connectivity index (χ1n) is 5.08. The van der Waals surface area contributed by atoms with Crippen LogP contribution in [0, 0.1) is 6.92 Å². The van der Waals surface area contributed by atoms with Gasteiger partial charge in [-0.2, -0.15) is 10.1 Å². The molecule has 7 heteroatoms. The lowest BCUT2D eigenvalue weighted by atomic mass is 10.3. The van der Waals surface area contributed by atoms with Crippen LogP contribution in [-0.2, 0) is 13.6 Å². The first-order valence-corrected chi connectivity index (χ1v) is 5.46. The van der Waals surface area contributed by atoms with Crippen molar-refractivity contribution in [2.45, 2.75) is 13.5 Å². The fourth-order valence-corrected chi connectivity index (χ4v) is 1.64. The fraction of sp³-hybridized carbons (Fsp3) is 0.300. The van der Waals surface area contributed by atoms with Gasteiger partial charge in [0, 0.05) is 13.2 Å². The summed E-state index contributed by atoms with van der Waals surface area (Å²) in [4.78, 5) is 8.02. The Morgan fingerprint density at radius 1 is 1.47 bits per heavy atom. The molecule has 6 nitrogen and oxygen atoms in total. The highest BCUT2D eigenvalue weighted by molar-refractivity contribution is 6.28. The van der Waals surface area contributed by atoms with Crippen molar-refractivity contribution in [3.63, 3.8) is 0 Å². The molecule has 0 aliphatic rings. The van der Waals surface area contributed by atoms with Gasteiger partial charge < -0.3 is 11.1 Å². The molecule has 90 valence electrons. The molecule has 0 radical (unpaired) electrons. The van der Waals surface area contributed by atoms with E-state index in [9.17, 15) is 0 Å². The Morgan fingerprint density at radius 2 is 2.24 bits per heavy atom. The predicted octanol–water partition coefficient (Wildman–Crippen LogP) is 1.37. The molecule has 0 aliphatic carbocycles. The van der Waals surface area contributed by atoms with E-state index < -0.39 is 0 Å². The van der Waals surface area contributed by atoms with Crippen LogP contribution < -0.4 is 11.1 Å². The highest BCUT2D eigenvalue weighted by Crippen LogP contribution is 2.20. The molecular weight excluding hydrogens is 240 g/mol. The minimum Gasteiger partial charge on any atom is -0.394 e. The van der Waals surface area contributed by atoms with E-state index in [0.29, 0.717) is 23.7 Å². The number of nitrogens with zero attached hydrogens (tertiary/aromatic N) is 4. The van der Waals surface area contributed by atoms with Crippen LogP contribution >= 0.6 is 11.6 Å². The molecule has 0 bridgehead atoms. The zero-order chi connectivity index (χ0) is 12.4. The number of anilines is 2. The average Bonchev–Trinajstić information content (AvgIpc) is 2.67. The zero-order valence-electron chi connectivity index (χ0n) is 9.61. The Hall–Kier alpha value is -1.82. The van der Waals surface area contributed by atoms with E-state index in [1.807, 2.05) is 13.1 Å². The van der Waals surface area contributed by atoms with Gasteiger partial charge in [0.15, 0.2) is 5.82 Å². The number of hydrogen-bond acceptors (Lipinski definition) is 5. The summed E-state index contributed by atoms with van der Waals surface area (Å²) < 4.78 is 1.78. The maximum Gasteiger partial charge on any atom is 0.224 e. The molecule has 0 saturated carbocycles. The van der Waals surface area contributed by atoms with Gasteiger partial charge in [0.2, 0.25) is 5.28 Å². The molecule has 0 amide bonds. The number of nitrogen functional groups attached to an aromatic ring is 1. The molecule has 3 N–H and O–H groups in total. The number of rotatable bonds is 3. The third-order valence-electron chi connectivity index (χ3n) is 2.47. The number of nitrogens with one attached hydrogen (secondary N) is 1. The number of halogens is 1. The number of nitrogens with two attached hydrogens (primary N) is 1. The molecular formula is C10H13ClN6. The first kappa shape index (κ1) is 11.7. The molecule has 0 unspecified atom stereocenters. The van der Waals surface area contributed by atoms with Gasteiger partial charge in [0.05, 0.1) is 23.6 Å². The minimum atomic E-state index is 0.184. The fourth-order valence-electron chi connectivity index (χ4n) is 1.43. The second-order valence-electron chi connectivity index (χ2n) is 3.64. The smallest absolute Gasteiger partial charge is 0.224 e. The second kappa shape index (κ2) is 4.58. The van der Waals surface area contributed by atoms with Gasteiger partial charge in [-0.15, -0.1) is 0 Å². The quantitative estimate of drug-likeness (QED) is 0.807. The average molecular weight is 253 g/mol. The number of aryl methyl sites for hydroxylation is 2. The van der Waals surface area contributed by atoms with Crippen LogP contribution in [0.5, 0.6) is 0 Å². The zero-order valence-corrected chi connectivity index (χ0v) is 10.4. The lowest BCUT2D eigenvalue weighted by Crippen LogP contribution is -2.10. The minimum absolute atomic E-state index is 0.184. The van der Waals surface area contributed by atoms with Gasteiger partial charge in [-0.1, -0.05) is 0 Å². The maximum absolute atomic E-state index is 5.86. The van der Waals surface area contributed by atoms with Crippen LogP contribution in [0.1, 0.15) is 11.4 Å². The van der Waals surface area contributed by atoms with Crippen LogP contribution in [0.4, 0.5) is 11.5 Å². The largest absolute Gasteiger partial charge is 0.394 e. The molecule has 17 heavy (non-hydrogen) atoms. The van der Waals surface area contributed by atoms with Crippen LogP contribution in [0.15, 0.2) is 12.3 Å². The standard InChI is InChI=1S/C10H13ClN6/c1-6-8(12)9(16-10(11)15-6)13-5-7-3-4-14-17(7)2/h3-4H,5,12H2,1-2H3,(H,13,15,16). The molecule has 0 spiro atoms. The molecule has 0 aromatic carbocycles. The number of hydrogen-bond donors (Lipinski definition) is 2. The third-order valence-corrected chi connectivity index (χ3v) is 2.64. The van der Waals surface area contributed by atoms with Crippen molar-refractivity contribution in [3.05, 3.63) is 28.9 Å². The highest BCUT2D eigenvalue weighted by Gasteiger charge is 2.08. The maximum atomic E-state index is 5.86. The summed E-state index contributed by atoms with van der Waals surface area (Å²) in [6.07, 6.45) is 1.73. The molecule has 2 aromatic rings. The van der Waals surface area contributed by atoms with E-state index >= 15 is 0 Å². The van der Waals surface area contributed by atoms with Crippen molar-refractivity contribution in [1.82, 2.24) is 19.7 Å². The normalized spacial score (nSPS) is 10.5. The summed E-state index contributed by atoms with van der Waals surface area (Å²) in [6, 6.07) is 1.92. The van der Waals surface area contributed by atoms with Crippen molar-refractivity contribution >= 4 is 23.1 Å². The van der Waals surface area contributed by atoms with E-state index in [4.69, 9.17) is 17.3 Å². The van der Waals surface area contributed by atoms with Crippen molar-refractivity contribution in [2.75, 3.05) is 11.1 Å². The molecule has 2 heterocycles. The molecule has 2 rings (SSSR count). The summed E-state index contributed by atoms with van der Waals surface area (Å²) in [5.41, 5.74) is 8.06. The Balaban J connectivity index is 2.17. The Labute approximate surface area is 104 Å². The van der Waals surface area contributed by atoms with Gasteiger partial charge in [0.25, 0.3) is 0 Å². The molecule has 0 atom stereocenters. The molecule has 0 fully saturated rings. The Bertz CT molecular complexity index is 536. The van der Waals surface area contributed by atoms with Crippen LogP contribution in [-0.4, -0.2) is 19.7 Å². The molecule has 0 saturated heterocycles. The van der Waals surface area contributed by atoms with Gasteiger partial charge in [-0.3, -0.25) is 4.68 Å². The topological polar surface area (TPSA) is 81.7 Å². The third kappa shape index (κ3) is 2.47. The van der Waals surface area contributed by atoms with Crippen molar-refractivity contribution < 1.29 is 0 Å². The summed E-state index contributed by atoms with van der Waals surface area (Å²) in [6.45, 7) is 2.37. The van der Waals surface area contributed by atoms with Gasteiger partial charge in [-0.25, -0.2) is 4.98 Å². The SMILES string of the molecule is Cc1nc(Cl)nc(NCc2ccnn2C)c1N. The van der Waals surface area contributed by atoms with Gasteiger partial charge in [0.1, 0.15) is 0 Å². The Morgan fingerprint density at radius 3 is 2.88 bits per heavy atom. The van der Waals surface area contributed by atoms with E-state index in [0.717, 1.165) is 5.69 Å². The van der Waals surface area contributed by atoms with E-state index in [1.165, 1.54) is 0 Å². The van der Waals surface area contributed by atoms with Crippen LogP contribution in [0.3, 0.4) is 0 Å². The van der Waals surface area contributed by atoms with Crippen LogP contribution in [0.2, 0.25) is 5.28 Å². The molecule has 0 aliphatic heterocycles.